The predicted octanol–water partition coefficient (Wildman–Crippen LogP) is 9.04. The van der Waals surface area contributed by atoms with Crippen molar-refractivity contribution >= 4 is 45.3 Å². The number of amides is 2. The molecule has 2 N–H and O–H groups in total. The summed E-state index contributed by atoms with van der Waals surface area (Å²) in [6.07, 6.45) is 3.41. The van der Waals surface area contributed by atoms with E-state index in [0.717, 1.165) is 72.9 Å². The Hall–Kier alpha value is -3.62. The van der Waals surface area contributed by atoms with Gasteiger partial charge in [0.25, 0.3) is 0 Å². The van der Waals surface area contributed by atoms with Crippen LogP contribution in [0.2, 0.25) is 0 Å². The number of aliphatic hydroxyl groups is 1. The van der Waals surface area contributed by atoms with Crippen LogP contribution in [0.4, 0.5) is 16.2 Å². The van der Waals surface area contributed by atoms with E-state index < -0.39 is 0 Å². The number of para-hydroxylation sites is 1. The summed E-state index contributed by atoms with van der Waals surface area (Å²) in [7, 11) is 1.00. The van der Waals surface area contributed by atoms with Crippen molar-refractivity contribution in [2.45, 2.75) is 66.3 Å². The number of nitrogens with zero attached hydrogens (tertiary/aromatic N) is 3. The van der Waals surface area contributed by atoms with Gasteiger partial charge in [-0.2, -0.15) is 0 Å². The van der Waals surface area contributed by atoms with Crippen LogP contribution in [0.15, 0.2) is 83.8 Å². The maximum absolute atomic E-state index is 13.8. The second-order valence-corrected chi connectivity index (χ2v) is 12.3. The number of benzene rings is 3. The summed E-state index contributed by atoms with van der Waals surface area (Å²) in [5, 5.41) is 10.5. The fourth-order valence-electron chi connectivity index (χ4n) is 5.96. The number of anilines is 2. The zero-order chi connectivity index (χ0) is 34.8. The second-order valence-electron chi connectivity index (χ2n) is 11.4. The minimum atomic E-state index is -0.0384. The first-order valence-electron chi connectivity index (χ1n) is 16.9. The van der Waals surface area contributed by atoms with E-state index in [1.54, 1.807) is 4.90 Å². The van der Waals surface area contributed by atoms with Crippen molar-refractivity contribution in [1.29, 1.82) is 0 Å². The number of urea groups is 1. The van der Waals surface area contributed by atoms with Gasteiger partial charge >= 0.3 is 6.03 Å². The number of aldehydes is 1. The third-order valence-electron chi connectivity index (χ3n) is 8.24. The van der Waals surface area contributed by atoms with Gasteiger partial charge in [0, 0.05) is 85.8 Å². The molecule has 2 unspecified atom stereocenters. The van der Waals surface area contributed by atoms with Crippen LogP contribution < -0.4 is 10.2 Å². The first-order chi connectivity index (χ1) is 22.9. The van der Waals surface area contributed by atoms with Crippen LogP contribution in [-0.4, -0.2) is 67.1 Å². The first kappa shape index (κ1) is 39.6. The number of hydrogen-bond donors (Lipinski definition) is 2. The standard InChI is InChI=1S/C36H45BrN4O2.C2H6.CH4O/c1-5-21-39(22-19-27(3)33-12-9-10-14-35(33)38-6-2)28(4)34-13-8-7-11-30(34)26-40-24-29(20-23-42)25-41(36(40)43)32-17-15-31(37)16-18-32;2*1-2/h7-18,23,27,29,38H,4-6,19-22,24-26H2,1-3H3;1-2H3;2H,1H3. The molecule has 8 heteroatoms. The summed E-state index contributed by atoms with van der Waals surface area (Å²) >= 11 is 3.49. The van der Waals surface area contributed by atoms with E-state index in [9.17, 15) is 9.59 Å². The number of nitrogens with one attached hydrogen (secondary N) is 1. The molecule has 0 aromatic heterocycles. The molecule has 2 atom stereocenters. The van der Waals surface area contributed by atoms with E-state index in [1.165, 1.54) is 11.3 Å². The average molecular weight is 708 g/mol. The number of aliphatic hydroxyl groups excluding tert-OH is 1. The van der Waals surface area contributed by atoms with E-state index in [-0.39, 0.29) is 11.9 Å². The summed E-state index contributed by atoms with van der Waals surface area (Å²) in [5.74, 6) is 0.459. The summed E-state index contributed by atoms with van der Waals surface area (Å²) < 4.78 is 0.960. The third-order valence-corrected chi connectivity index (χ3v) is 8.77. The zero-order valence-electron chi connectivity index (χ0n) is 29.2. The van der Waals surface area contributed by atoms with E-state index >= 15 is 0 Å². The molecule has 7 nitrogen and oxygen atoms in total. The smallest absolute Gasteiger partial charge is 0.324 e. The molecule has 0 spiro atoms. The van der Waals surface area contributed by atoms with Crippen LogP contribution in [0, 0.1) is 5.92 Å². The molecule has 1 fully saturated rings. The Bertz CT molecular complexity index is 1380. The first-order valence-corrected chi connectivity index (χ1v) is 17.7. The van der Waals surface area contributed by atoms with Gasteiger partial charge in [-0.25, -0.2) is 4.79 Å². The highest BCUT2D eigenvalue weighted by Crippen LogP contribution is 2.31. The van der Waals surface area contributed by atoms with Crippen LogP contribution in [0.5, 0.6) is 0 Å². The Morgan fingerprint density at radius 3 is 2.34 bits per heavy atom. The maximum Gasteiger partial charge on any atom is 0.324 e. The Labute approximate surface area is 291 Å². The summed E-state index contributed by atoms with van der Waals surface area (Å²) in [5.41, 5.74) is 6.51. The summed E-state index contributed by atoms with van der Waals surface area (Å²) in [6.45, 7) is 19.5. The number of carbonyl (C=O) groups excluding carboxylic acids is 2. The van der Waals surface area contributed by atoms with Gasteiger partial charge in [-0.05, 0) is 67.1 Å². The van der Waals surface area contributed by atoms with Crippen molar-refractivity contribution in [3.63, 3.8) is 0 Å². The highest BCUT2D eigenvalue weighted by Gasteiger charge is 2.33. The Morgan fingerprint density at radius 1 is 1.02 bits per heavy atom. The van der Waals surface area contributed by atoms with Crippen molar-refractivity contribution in [1.82, 2.24) is 9.80 Å². The van der Waals surface area contributed by atoms with Crippen molar-refractivity contribution in [2.24, 2.45) is 5.92 Å². The fraction of sp³-hybridized carbons (Fsp3) is 0.436. The molecule has 1 aliphatic heterocycles. The quantitative estimate of drug-likeness (QED) is 0.154. The number of halogens is 1. The van der Waals surface area contributed by atoms with Gasteiger partial charge in [-0.1, -0.05) is 92.7 Å². The molecule has 4 rings (SSSR count). The van der Waals surface area contributed by atoms with Gasteiger partial charge in [0.05, 0.1) is 0 Å². The minimum Gasteiger partial charge on any atom is -0.400 e. The molecule has 1 aliphatic rings. The van der Waals surface area contributed by atoms with Gasteiger partial charge in [-0.15, -0.1) is 0 Å². The highest BCUT2D eigenvalue weighted by molar-refractivity contribution is 9.10. The van der Waals surface area contributed by atoms with Crippen molar-refractivity contribution < 1.29 is 14.7 Å². The number of hydrogen-bond acceptors (Lipinski definition) is 5. The monoisotopic (exact) mass is 706 g/mol. The number of carbonyl (C=O) groups is 2. The Balaban J connectivity index is 0.00000185. The van der Waals surface area contributed by atoms with Crippen molar-refractivity contribution in [2.75, 3.05) is 50.1 Å². The van der Waals surface area contributed by atoms with Crippen molar-refractivity contribution in [3.05, 3.63) is 101 Å². The molecule has 0 bridgehead atoms. The van der Waals surface area contributed by atoms with Crippen LogP contribution in [0.1, 0.15) is 76.5 Å². The largest absolute Gasteiger partial charge is 0.400 e. The topological polar surface area (TPSA) is 76.1 Å². The summed E-state index contributed by atoms with van der Waals surface area (Å²) in [4.78, 5) is 31.4. The lowest BCUT2D eigenvalue weighted by atomic mass is 9.95. The van der Waals surface area contributed by atoms with E-state index in [2.05, 4.69) is 89.9 Å². The molecular weight excluding hydrogens is 652 g/mol. The second kappa shape index (κ2) is 21.3. The molecule has 3 aromatic carbocycles. The van der Waals surface area contributed by atoms with Gasteiger partial charge in [0.15, 0.2) is 0 Å². The summed E-state index contributed by atoms with van der Waals surface area (Å²) in [6, 6.07) is 24.6. The van der Waals surface area contributed by atoms with Gasteiger partial charge in [0.1, 0.15) is 6.29 Å². The van der Waals surface area contributed by atoms with Crippen LogP contribution in [0.25, 0.3) is 5.70 Å². The Morgan fingerprint density at radius 2 is 1.68 bits per heavy atom. The number of rotatable bonds is 15. The molecule has 0 aliphatic carbocycles. The molecule has 256 valence electrons. The van der Waals surface area contributed by atoms with Crippen LogP contribution in [0.3, 0.4) is 0 Å². The molecule has 0 radical (unpaired) electrons. The van der Waals surface area contributed by atoms with Crippen LogP contribution in [-0.2, 0) is 11.3 Å². The molecule has 3 aromatic rings. The van der Waals surface area contributed by atoms with Gasteiger partial charge < -0.3 is 25.0 Å². The van der Waals surface area contributed by atoms with Crippen molar-refractivity contribution in [3.8, 4) is 0 Å². The van der Waals surface area contributed by atoms with E-state index in [1.807, 2.05) is 55.1 Å². The normalized spacial score (nSPS) is 14.6. The predicted molar refractivity (Wildman–Crippen MR) is 202 cm³/mol. The molecule has 1 saturated heterocycles. The lowest BCUT2D eigenvalue weighted by Gasteiger charge is -2.40. The van der Waals surface area contributed by atoms with Crippen LogP contribution >= 0.6 is 15.9 Å². The highest BCUT2D eigenvalue weighted by atomic mass is 79.9. The minimum absolute atomic E-state index is 0.0384. The lowest BCUT2D eigenvalue weighted by molar-refractivity contribution is -0.108. The zero-order valence-corrected chi connectivity index (χ0v) is 30.8. The SMILES string of the molecule is C=C(c1ccccc1CN1CC(CC=O)CN(c2ccc(Br)cc2)C1=O)N(CCC)CCC(C)c1ccccc1NCC.CC.CO. The average Bonchev–Trinajstić information content (AvgIpc) is 3.10. The molecule has 1 heterocycles. The van der Waals surface area contributed by atoms with Gasteiger partial charge in [0.2, 0.25) is 0 Å². The molecule has 0 saturated carbocycles. The molecule has 47 heavy (non-hydrogen) atoms. The fourth-order valence-corrected chi connectivity index (χ4v) is 6.22. The third kappa shape index (κ3) is 11.2. The Kier molecular flexibility index (Phi) is 17.9. The molecular formula is C39H55BrN4O3. The van der Waals surface area contributed by atoms with E-state index in [0.29, 0.717) is 32.0 Å². The van der Waals surface area contributed by atoms with E-state index in [4.69, 9.17) is 5.11 Å². The van der Waals surface area contributed by atoms with Gasteiger partial charge in [-0.3, -0.25) is 4.90 Å². The lowest BCUT2D eigenvalue weighted by Crippen LogP contribution is -2.53. The molecule has 2 amide bonds. The maximum atomic E-state index is 13.8.